The molecule has 1 N–H and O–H groups in total. The molecule has 0 amide bonds. The molecule has 6 heteroatoms. The van der Waals surface area contributed by atoms with E-state index in [4.69, 9.17) is 4.74 Å². The predicted molar refractivity (Wildman–Crippen MR) is 92.3 cm³/mol. The van der Waals surface area contributed by atoms with Gasteiger partial charge in [0.1, 0.15) is 5.75 Å². The number of H-pyrrole nitrogens is 1. The van der Waals surface area contributed by atoms with Gasteiger partial charge < -0.3 is 9.72 Å². The van der Waals surface area contributed by atoms with Gasteiger partial charge in [0.05, 0.1) is 12.7 Å². The highest BCUT2D eigenvalue weighted by Gasteiger charge is 2.16. The third kappa shape index (κ3) is 3.22. The van der Waals surface area contributed by atoms with Crippen molar-refractivity contribution in [2.24, 2.45) is 0 Å². The summed E-state index contributed by atoms with van der Waals surface area (Å²) in [7, 11) is 1.64. The topological polar surface area (TPSA) is 72.8 Å². The van der Waals surface area contributed by atoms with Gasteiger partial charge in [-0.05, 0) is 43.7 Å². The standard InChI is InChI=1S/C18H20N4O2/c1-12(2)22-17(15-5-4-10-19-18(15)23)20-16(21-22)11-13-6-8-14(24-3)9-7-13/h4-10,12H,11H2,1-3H3,(H,19,23). The van der Waals surface area contributed by atoms with Crippen LogP contribution in [-0.2, 0) is 6.42 Å². The fourth-order valence-electron chi connectivity index (χ4n) is 2.51. The van der Waals surface area contributed by atoms with E-state index in [9.17, 15) is 4.79 Å². The number of aromatic amines is 1. The molecule has 6 nitrogen and oxygen atoms in total. The molecule has 3 rings (SSSR count). The van der Waals surface area contributed by atoms with Gasteiger partial charge in [-0.2, -0.15) is 5.10 Å². The van der Waals surface area contributed by atoms with Crippen LogP contribution >= 0.6 is 0 Å². The Kier molecular flexibility index (Phi) is 4.46. The number of aromatic nitrogens is 4. The fraction of sp³-hybridized carbons (Fsp3) is 0.278. The first-order valence-corrected chi connectivity index (χ1v) is 7.85. The minimum Gasteiger partial charge on any atom is -0.497 e. The highest BCUT2D eigenvalue weighted by Crippen LogP contribution is 2.19. The van der Waals surface area contributed by atoms with Gasteiger partial charge in [0.25, 0.3) is 5.56 Å². The number of hydrogen-bond acceptors (Lipinski definition) is 4. The maximum Gasteiger partial charge on any atom is 0.259 e. The smallest absolute Gasteiger partial charge is 0.259 e. The third-order valence-corrected chi connectivity index (χ3v) is 3.74. The molecular formula is C18H20N4O2. The third-order valence-electron chi connectivity index (χ3n) is 3.74. The molecule has 24 heavy (non-hydrogen) atoms. The van der Waals surface area contributed by atoms with Crippen LogP contribution in [0.4, 0.5) is 0 Å². The Balaban J connectivity index is 1.97. The van der Waals surface area contributed by atoms with Crippen LogP contribution < -0.4 is 10.3 Å². The van der Waals surface area contributed by atoms with E-state index in [1.54, 1.807) is 30.1 Å². The molecule has 0 bridgehead atoms. The van der Waals surface area contributed by atoms with E-state index in [0.717, 1.165) is 11.3 Å². The van der Waals surface area contributed by atoms with Crippen molar-refractivity contribution in [3.63, 3.8) is 0 Å². The lowest BCUT2D eigenvalue weighted by Gasteiger charge is -2.08. The average molecular weight is 324 g/mol. The molecule has 0 atom stereocenters. The summed E-state index contributed by atoms with van der Waals surface area (Å²) in [6.45, 7) is 4.04. The minimum absolute atomic E-state index is 0.108. The summed E-state index contributed by atoms with van der Waals surface area (Å²) < 4.78 is 6.97. The average Bonchev–Trinajstić information content (AvgIpc) is 3.00. The second kappa shape index (κ2) is 6.70. The van der Waals surface area contributed by atoms with E-state index in [0.29, 0.717) is 23.6 Å². The van der Waals surface area contributed by atoms with Gasteiger partial charge in [-0.3, -0.25) is 4.79 Å². The molecule has 0 aliphatic heterocycles. The number of nitrogens with one attached hydrogen (secondary N) is 1. The van der Waals surface area contributed by atoms with Crippen molar-refractivity contribution in [1.29, 1.82) is 0 Å². The van der Waals surface area contributed by atoms with Crippen LogP contribution in [0.5, 0.6) is 5.75 Å². The second-order valence-corrected chi connectivity index (χ2v) is 5.83. The van der Waals surface area contributed by atoms with Crippen molar-refractivity contribution in [2.75, 3.05) is 7.11 Å². The summed E-state index contributed by atoms with van der Waals surface area (Å²) in [5.74, 6) is 2.10. The van der Waals surface area contributed by atoms with Gasteiger partial charge in [-0.25, -0.2) is 9.67 Å². The van der Waals surface area contributed by atoms with Crippen molar-refractivity contribution in [3.05, 3.63) is 64.3 Å². The Morgan fingerprint density at radius 3 is 2.58 bits per heavy atom. The summed E-state index contributed by atoms with van der Waals surface area (Å²) in [6, 6.07) is 11.5. The maximum absolute atomic E-state index is 12.1. The number of ether oxygens (including phenoxy) is 1. The van der Waals surface area contributed by atoms with Crippen LogP contribution in [0.2, 0.25) is 0 Å². The van der Waals surface area contributed by atoms with Crippen molar-refractivity contribution in [2.45, 2.75) is 26.3 Å². The molecule has 0 aliphatic carbocycles. The highest BCUT2D eigenvalue weighted by atomic mass is 16.5. The van der Waals surface area contributed by atoms with Crippen molar-refractivity contribution in [3.8, 4) is 17.1 Å². The first-order valence-electron chi connectivity index (χ1n) is 7.85. The van der Waals surface area contributed by atoms with E-state index < -0.39 is 0 Å². The SMILES string of the molecule is COc1ccc(Cc2nc(-c3ccc[nH]c3=O)n(C(C)C)n2)cc1. The molecule has 124 valence electrons. The Labute approximate surface area is 140 Å². The lowest BCUT2D eigenvalue weighted by atomic mass is 10.1. The van der Waals surface area contributed by atoms with Gasteiger partial charge in [0.2, 0.25) is 0 Å². The van der Waals surface area contributed by atoms with Gasteiger partial charge in [0.15, 0.2) is 11.6 Å². The Morgan fingerprint density at radius 1 is 1.21 bits per heavy atom. The molecular weight excluding hydrogens is 304 g/mol. The van der Waals surface area contributed by atoms with Gasteiger partial charge in [0, 0.05) is 18.7 Å². The monoisotopic (exact) mass is 324 g/mol. The van der Waals surface area contributed by atoms with E-state index >= 15 is 0 Å². The molecule has 1 aromatic carbocycles. The van der Waals surface area contributed by atoms with Crippen molar-refractivity contribution in [1.82, 2.24) is 19.7 Å². The van der Waals surface area contributed by atoms with Gasteiger partial charge >= 0.3 is 0 Å². The quantitative estimate of drug-likeness (QED) is 0.783. The number of rotatable bonds is 5. The molecule has 0 aliphatic rings. The van der Waals surface area contributed by atoms with E-state index in [1.165, 1.54) is 0 Å². The zero-order valence-electron chi connectivity index (χ0n) is 14.0. The van der Waals surface area contributed by atoms with Crippen LogP contribution in [0.25, 0.3) is 11.4 Å². The first kappa shape index (κ1) is 16.0. The van der Waals surface area contributed by atoms with Crippen LogP contribution in [0.1, 0.15) is 31.3 Å². The molecule has 2 heterocycles. The Bertz CT molecular complexity index is 879. The van der Waals surface area contributed by atoms with E-state index in [1.807, 2.05) is 38.1 Å². The van der Waals surface area contributed by atoms with Gasteiger partial charge in [-0.1, -0.05) is 12.1 Å². The van der Waals surface area contributed by atoms with E-state index in [-0.39, 0.29) is 11.6 Å². The van der Waals surface area contributed by atoms with Crippen molar-refractivity contribution < 1.29 is 4.74 Å². The molecule has 0 spiro atoms. The lowest BCUT2D eigenvalue weighted by molar-refractivity contribution is 0.414. The summed E-state index contributed by atoms with van der Waals surface area (Å²) in [5, 5.41) is 4.59. The van der Waals surface area contributed by atoms with Crippen LogP contribution in [0, 0.1) is 0 Å². The molecule has 0 radical (unpaired) electrons. The zero-order valence-corrected chi connectivity index (χ0v) is 14.0. The molecule has 0 saturated carbocycles. The number of nitrogens with zero attached hydrogens (tertiary/aromatic N) is 3. The fourth-order valence-corrected chi connectivity index (χ4v) is 2.51. The van der Waals surface area contributed by atoms with E-state index in [2.05, 4.69) is 15.1 Å². The van der Waals surface area contributed by atoms with Crippen LogP contribution in [-0.4, -0.2) is 26.9 Å². The zero-order chi connectivity index (χ0) is 17.1. The minimum atomic E-state index is -0.164. The largest absolute Gasteiger partial charge is 0.497 e. The maximum atomic E-state index is 12.1. The summed E-state index contributed by atoms with van der Waals surface area (Å²) in [5.41, 5.74) is 1.45. The molecule has 0 fully saturated rings. The van der Waals surface area contributed by atoms with Gasteiger partial charge in [-0.15, -0.1) is 0 Å². The summed E-state index contributed by atoms with van der Waals surface area (Å²) in [4.78, 5) is 19.4. The number of methoxy groups -OCH3 is 1. The summed E-state index contributed by atoms with van der Waals surface area (Å²) in [6.07, 6.45) is 2.21. The lowest BCUT2D eigenvalue weighted by Crippen LogP contribution is -2.13. The highest BCUT2D eigenvalue weighted by molar-refractivity contribution is 5.53. The first-order chi connectivity index (χ1) is 11.6. The second-order valence-electron chi connectivity index (χ2n) is 5.83. The normalized spacial score (nSPS) is 11.0. The van der Waals surface area contributed by atoms with Crippen LogP contribution in [0.3, 0.4) is 0 Å². The number of hydrogen-bond donors (Lipinski definition) is 1. The Morgan fingerprint density at radius 2 is 1.96 bits per heavy atom. The molecule has 0 saturated heterocycles. The van der Waals surface area contributed by atoms with Crippen LogP contribution in [0.15, 0.2) is 47.4 Å². The predicted octanol–water partition coefficient (Wildman–Crippen LogP) is 2.81. The Hall–Kier alpha value is -2.89. The molecule has 0 unspecified atom stereocenters. The summed E-state index contributed by atoms with van der Waals surface area (Å²) >= 11 is 0. The number of pyridine rings is 1. The molecule has 3 aromatic rings. The van der Waals surface area contributed by atoms with Crippen molar-refractivity contribution >= 4 is 0 Å². The number of benzene rings is 1. The molecule has 2 aromatic heterocycles.